The third kappa shape index (κ3) is 3.14. The molecule has 7 nitrogen and oxygen atoms in total. The lowest BCUT2D eigenvalue weighted by Gasteiger charge is -2.07. The van der Waals surface area contributed by atoms with Crippen molar-refractivity contribution in [2.75, 3.05) is 0 Å². The van der Waals surface area contributed by atoms with Crippen LogP contribution >= 0.6 is 0 Å². The van der Waals surface area contributed by atoms with Crippen molar-refractivity contribution >= 4 is 11.8 Å². The van der Waals surface area contributed by atoms with Crippen LogP contribution in [0.4, 0.5) is 0 Å². The van der Waals surface area contributed by atoms with Gasteiger partial charge in [-0.2, -0.15) is 5.26 Å². The summed E-state index contributed by atoms with van der Waals surface area (Å²) in [5.41, 5.74) is 5.33. The molecule has 0 unspecified atom stereocenters. The summed E-state index contributed by atoms with van der Waals surface area (Å²) in [7, 11) is 0. The van der Waals surface area contributed by atoms with Crippen LogP contribution in [0.15, 0.2) is 43.0 Å². The van der Waals surface area contributed by atoms with Crippen LogP contribution in [0.2, 0.25) is 0 Å². The summed E-state index contributed by atoms with van der Waals surface area (Å²) in [5, 5.41) is 8.75. The van der Waals surface area contributed by atoms with E-state index in [1.54, 1.807) is 12.1 Å². The first kappa shape index (κ1) is 13.2. The number of carbonyl (C=O) groups excluding carboxylic acids is 2. The molecule has 2 N–H and O–H groups in total. The SMILES string of the molecule is N#Cc1cccc(C(=O)NNC(=O)c2cncnc2)c1. The van der Waals surface area contributed by atoms with Crippen LogP contribution < -0.4 is 10.9 Å². The maximum Gasteiger partial charge on any atom is 0.272 e. The standard InChI is InChI=1S/C13H9N5O2/c14-5-9-2-1-3-10(4-9)12(19)17-18-13(20)11-6-15-8-16-7-11/h1-4,6-8H,(H,17,19)(H,18,20). The summed E-state index contributed by atoms with van der Waals surface area (Å²) in [6, 6.07) is 8.05. The topological polar surface area (TPSA) is 108 Å². The predicted molar refractivity (Wildman–Crippen MR) is 68.1 cm³/mol. The zero-order chi connectivity index (χ0) is 14.4. The molecule has 1 aromatic heterocycles. The van der Waals surface area contributed by atoms with E-state index < -0.39 is 11.8 Å². The van der Waals surface area contributed by atoms with E-state index in [1.165, 1.54) is 30.9 Å². The van der Waals surface area contributed by atoms with E-state index in [1.807, 2.05) is 6.07 Å². The number of nitrogens with one attached hydrogen (secondary N) is 2. The second-order valence-corrected chi connectivity index (χ2v) is 3.73. The van der Waals surface area contributed by atoms with Crippen molar-refractivity contribution in [1.82, 2.24) is 20.8 Å². The average Bonchev–Trinajstić information content (AvgIpc) is 2.53. The Labute approximate surface area is 114 Å². The Bertz CT molecular complexity index is 679. The fraction of sp³-hybridized carbons (Fsp3) is 0. The molecule has 1 aromatic carbocycles. The first-order valence-corrected chi connectivity index (χ1v) is 5.56. The molecule has 0 saturated heterocycles. The van der Waals surface area contributed by atoms with Gasteiger partial charge in [-0.3, -0.25) is 20.4 Å². The minimum atomic E-state index is -0.532. The summed E-state index contributed by atoms with van der Waals surface area (Å²) < 4.78 is 0. The summed E-state index contributed by atoms with van der Waals surface area (Å²) >= 11 is 0. The molecule has 7 heteroatoms. The zero-order valence-electron chi connectivity index (χ0n) is 10.2. The molecule has 0 radical (unpaired) electrons. The van der Waals surface area contributed by atoms with Crippen molar-refractivity contribution < 1.29 is 9.59 Å². The third-order valence-corrected chi connectivity index (χ3v) is 2.37. The number of amides is 2. The molecule has 2 aromatic rings. The van der Waals surface area contributed by atoms with Gasteiger partial charge in [0.2, 0.25) is 0 Å². The van der Waals surface area contributed by atoms with E-state index in [-0.39, 0.29) is 11.1 Å². The number of benzene rings is 1. The molecule has 0 fully saturated rings. The third-order valence-electron chi connectivity index (χ3n) is 2.37. The Kier molecular flexibility index (Phi) is 3.99. The van der Waals surface area contributed by atoms with Gasteiger partial charge < -0.3 is 0 Å². The van der Waals surface area contributed by atoms with Gasteiger partial charge in [0.1, 0.15) is 6.33 Å². The monoisotopic (exact) mass is 267 g/mol. The van der Waals surface area contributed by atoms with Gasteiger partial charge in [-0.15, -0.1) is 0 Å². The molecular formula is C13H9N5O2. The first-order chi connectivity index (χ1) is 9.70. The number of hydrogen-bond acceptors (Lipinski definition) is 5. The van der Waals surface area contributed by atoms with Crippen molar-refractivity contribution in [3.63, 3.8) is 0 Å². The van der Waals surface area contributed by atoms with E-state index in [9.17, 15) is 9.59 Å². The van der Waals surface area contributed by atoms with Crippen LogP contribution in [-0.4, -0.2) is 21.8 Å². The van der Waals surface area contributed by atoms with Crippen molar-refractivity contribution in [2.24, 2.45) is 0 Å². The molecule has 98 valence electrons. The van der Waals surface area contributed by atoms with E-state index in [0.717, 1.165) is 0 Å². The summed E-state index contributed by atoms with van der Waals surface area (Å²) in [4.78, 5) is 30.8. The van der Waals surface area contributed by atoms with Gasteiger partial charge in [-0.05, 0) is 18.2 Å². The Morgan fingerprint density at radius 1 is 1.05 bits per heavy atom. The molecule has 20 heavy (non-hydrogen) atoms. The van der Waals surface area contributed by atoms with Crippen molar-refractivity contribution in [1.29, 1.82) is 5.26 Å². The second-order valence-electron chi connectivity index (χ2n) is 3.73. The number of nitriles is 1. The van der Waals surface area contributed by atoms with Crippen LogP contribution in [0.3, 0.4) is 0 Å². The van der Waals surface area contributed by atoms with Crippen LogP contribution in [0.5, 0.6) is 0 Å². The van der Waals surface area contributed by atoms with Crippen LogP contribution in [0.1, 0.15) is 26.3 Å². The summed E-state index contributed by atoms with van der Waals surface area (Å²) in [6.07, 6.45) is 3.94. The maximum absolute atomic E-state index is 11.8. The van der Waals surface area contributed by atoms with Gasteiger partial charge in [-0.25, -0.2) is 9.97 Å². The van der Waals surface area contributed by atoms with Crippen LogP contribution in [0, 0.1) is 11.3 Å². The highest BCUT2D eigenvalue weighted by molar-refractivity contribution is 5.98. The lowest BCUT2D eigenvalue weighted by Crippen LogP contribution is -2.41. The molecule has 1 heterocycles. The predicted octanol–water partition coefficient (Wildman–Crippen LogP) is 0.423. The Morgan fingerprint density at radius 3 is 2.35 bits per heavy atom. The number of carbonyl (C=O) groups is 2. The number of hydrogen-bond donors (Lipinski definition) is 2. The van der Waals surface area contributed by atoms with Gasteiger partial charge in [0, 0.05) is 18.0 Å². The molecule has 2 amide bonds. The number of hydrazine groups is 1. The van der Waals surface area contributed by atoms with Crippen molar-refractivity contribution in [2.45, 2.75) is 0 Å². The maximum atomic E-state index is 11.8. The fourth-order valence-electron chi connectivity index (χ4n) is 1.40. The normalized spacial score (nSPS) is 9.35. The van der Waals surface area contributed by atoms with Crippen molar-refractivity contribution in [3.05, 3.63) is 59.7 Å². The second kappa shape index (κ2) is 6.06. The molecule has 0 aliphatic carbocycles. The summed E-state index contributed by atoms with van der Waals surface area (Å²) in [6.45, 7) is 0. The highest BCUT2D eigenvalue weighted by Gasteiger charge is 2.09. The molecular weight excluding hydrogens is 258 g/mol. The Balaban J connectivity index is 1.99. The molecule has 0 saturated carbocycles. The lowest BCUT2D eigenvalue weighted by molar-refractivity contribution is 0.0846. The highest BCUT2D eigenvalue weighted by atomic mass is 16.2. The molecule has 0 aliphatic rings. The molecule has 0 bridgehead atoms. The van der Waals surface area contributed by atoms with Gasteiger partial charge >= 0.3 is 0 Å². The number of nitrogens with zero attached hydrogens (tertiary/aromatic N) is 3. The zero-order valence-corrected chi connectivity index (χ0v) is 10.2. The van der Waals surface area contributed by atoms with E-state index in [2.05, 4.69) is 20.8 Å². The minimum Gasteiger partial charge on any atom is -0.267 e. The Hall–Kier alpha value is -3.27. The largest absolute Gasteiger partial charge is 0.272 e. The highest BCUT2D eigenvalue weighted by Crippen LogP contribution is 2.03. The smallest absolute Gasteiger partial charge is 0.267 e. The first-order valence-electron chi connectivity index (χ1n) is 5.56. The van der Waals surface area contributed by atoms with Gasteiger partial charge in [0.25, 0.3) is 11.8 Å². The molecule has 2 rings (SSSR count). The van der Waals surface area contributed by atoms with Crippen LogP contribution in [-0.2, 0) is 0 Å². The quantitative estimate of drug-likeness (QED) is 0.767. The van der Waals surface area contributed by atoms with Gasteiger partial charge in [0.05, 0.1) is 17.2 Å². The van der Waals surface area contributed by atoms with E-state index >= 15 is 0 Å². The van der Waals surface area contributed by atoms with E-state index in [0.29, 0.717) is 5.56 Å². The van der Waals surface area contributed by atoms with Crippen molar-refractivity contribution in [3.8, 4) is 6.07 Å². The average molecular weight is 267 g/mol. The molecule has 0 aliphatic heterocycles. The number of rotatable bonds is 2. The fourth-order valence-corrected chi connectivity index (χ4v) is 1.40. The Morgan fingerprint density at radius 2 is 1.70 bits per heavy atom. The lowest BCUT2D eigenvalue weighted by atomic mass is 10.1. The molecule has 0 spiro atoms. The minimum absolute atomic E-state index is 0.221. The summed E-state index contributed by atoms with van der Waals surface area (Å²) in [5.74, 6) is -1.05. The van der Waals surface area contributed by atoms with E-state index in [4.69, 9.17) is 5.26 Å². The van der Waals surface area contributed by atoms with Gasteiger partial charge in [-0.1, -0.05) is 6.07 Å². The molecule has 0 atom stereocenters. The number of aromatic nitrogens is 2. The van der Waals surface area contributed by atoms with Gasteiger partial charge in [0.15, 0.2) is 0 Å². The van der Waals surface area contributed by atoms with Crippen LogP contribution in [0.25, 0.3) is 0 Å².